The van der Waals surface area contributed by atoms with E-state index in [0.717, 1.165) is 25.1 Å². The number of benzene rings is 3. The summed E-state index contributed by atoms with van der Waals surface area (Å²) < 4.78 is 0. The minimum atomic E-state index is -0.377. The zero-order valence-corrected chi connectivity index (χ0v) is 16.4. The lowest BCUT2D eigenvalue weighted by Crippen LogP contribution is -2.33. The van der Waals surface area contributed by atoms with E-state index in [1.807, 2.05) is 48.5 Å². The van der Waals surface area contributed by atoms with Crippen molar-refractivity contribution in [2.24, 2.45) is 0 Å². The number of nitro benzene ring substituents is 1. The summed E-state index contributed by atoms with van der Waals surface area (Å²) in [4.78, 5) is 12.9. The molecule has 5 nitrogen and oxygen atoms in total. The molecule has 0 saturated carbocycles. The van der Waals surface area contributed by atoms with Gasteiger partial charge in [-0.25, -0.2) is 0 Å². The summed E-state index contributed by atoms with van der Waals surface area (Å²) in [5, 5.41) is 20.3. The zero-order valence-electron chi connectivity index (χ0n) is 16.4. The lowest BCUT2D eigenvalue weighted by Gasteiger charge is -2.32. The highest BCUT2D eigenvalue weighted by molar-refractivity contribution is 5.34. The van der Waals surface area contributed by atoms with Crippen molar-refractivity contribution in [3.63, 3.8) is 0 Å². The monoisotopic (exact) mass is 390 g/mol. The quantitative estimate of drug-likeness (QED) is 0.405. The predicted molar refractivity (Wildman–Crippen MR) is 115 cm³/mol. The van der Waals surface area contributed by atoms with Gasteiger partial charge in [-0.15, -0.1) is 0 Å². The summed E-state index contributed by atoms with van der Waals surface area (Å²) >= 11 is 0. The number of aliphatic hydroxyl groups excluding tert-OH is 1. The molecular weight excluding hydrogens is 364 g/mol. The van der Waals surface area contributed by atoms with E-state index in [4.69, 9.17) is 0 Å². The van der Waals surface area contributed by atoms with Crippen molar-refractivity contribution in [2.45, 2.75) is 18.9 Å². The van der Waals surface area contributed by atoms with Crippen molar-refractivity contribution in [2.75, 3.05) is 19.7 Å². The zero-order chi connectivity index (χ0) is 20.5. The minimum absolute atomic E-state index is 0.0852. The number of non-ortho nitro benzene ring substituents is 1. The van der Waals surface area contributed by atoms with Gasteiger partial charge in [-0.05, 0) is 29.5 Å². The van der Waals surface area contributed by atoms with Crippen LogP contribution in [0.5, 0.6) is 0 Å². The third-order valence-electron chi connectivity index (χ3n) is 5.03. The molecule has 0 saturated heterocycles. The highest BCUT2D eigenvalue weighted by Gasteiger charge is 2.22. The van der Waals surface area contributed by atoms with Crippen molar-refractivity contribution in [3.05, 3.63) is 112 Å². The van der Waals surface area contributed by atoms with Gasteiger partial charge in [-0.2, -0.15) is 0 Å². The van der Waals surface area contributed by atoms with Gasteiger partial charge in [0.2, 0.25) is 0 Å². The van der Waals surface area contributed by atoms with Crippen LogP contribution in [0.25, 0.3) is 0 Å². The number of hydrogen-bond acceptors (Lipinski definition) is 4. The second-order valence-electron chi connectivity index (χ2n) is 7.01. The normalized spacial score (nSPS) is 11.1. The molecule has 0 amide bonds. The Hall–Kier alpha value is -3.02. The van der Waals surface area contributed by atoms with E-state index < -0.39 is 0 Å². The van der Waals surface area contributed by atoms with Crippen molar-refractivity contribution < 1.29 is 10.0 Å². The molecule has 0 aromatic heterocycles. The molecule has 0 fully saturated rings. The summed E-state index contributed by atoms with van der Waals surface area (Å²) in [6, 6.07) is 27.6. The molecule has 0 aliphatic carbocycles. The molecular formula is C24H26N2O3. The lowest BCUT2D eigenvalue weighted by molar-refractivity contribution is -0.384. The fraction of sp³-hybridized carbons (Fsp3) is 0.250. The molecule has 3 rings (SSSR count). The summed E-state index contributed by atoms with van der Waals surface area (Å²) in [5.74, 6) is 0. The lowest BCUT2D eigenvalue weighted by atomic mass is 9.96. The number of rotatable bonds is 10. The Morgan fingerprint density at radius 3 is 1.86 bits per heavy atom. The Kier molecular flexibility index (Phi) is 7.50. The van der Waals surface area contributed by atoms with Crippen molar-refractivity contribution in [1.82, 2.24) is 4.90 Å². The molecule has 0 aliphatic heterocycles. The molecule has 0 aliphatic rings. The van der Waals surface area contributed by atoms with E-state index in [0.29, 0.717) is 6.42 Å². The van der Waals surface area contributed by atoms with Crippen molar-refractivity contribution >= 4 is 5.69 Å². The van der Waals surface area contributed by atoms with E-state index in [-0.39, 0.29) is 23.3 Å². The van der Waals surface area contributed by atoms with Gasteiger partial charge in [0.25, 0.3) is 5.69 Å². The second-order valence-corrected chi connectivity index (χ2v) is 7.01. The molecule has 5 heteroatoms. The van der Waals surface area contributed by atoms with E-state index in [9.17, 15) is 15.2 Å². The summed E-state index contributed by atoms with van der Waals surface area (Å²) in [5.41, 5.74) is 3.59. The third-order valence-corrected chi connectivity index (χ3v) is 5.03. The molecule has 0 bridgehead atoms. The van der Waals surface area contributed by atoms with Crippen molar-refractivity contribution in [3.8, 4) is 0 Å². The van der Waals surface area contributed by atoms with E-state index in [1.165, 1.54) is 11.1 Å². The molecule has 150 valence electrons. The highest BCUT2D eigenvalue weighted by Crippen LogP contribution is 2.29. The summed E-state index contributed by atoms with van der Waals surface area (Å²) in [6.07, 6.45) is 1.47. The number of aliphatic hydroxyl groups is 1. The maximum atomic E-state index is 10.9. The van der Waals surface area contributed by atoms with Gasteiger partial charge in [0.1, 0.15) is 0 Å². The molecule has 1 N–H and O–H groups in total. The SMILES string of the molecule is O=[N+]([O-])c1ccc(CCN(CCCO)C(c2ccccc2)c2ccccc2)cc1. The van der Waals surface area contributed by atoms with Crippen LogP contribution in [0.4, 0.5) is 5.69 Å². The first-order valence-electron chi connectivity index (χ1n) is 9.87. The number of nitro groups is 1. The van der Waals surface area contributed by atoms with Gasteiger partial charge >= 0.3 is 0 Å². The van der Waals surface area contributed by atoms with E-state index in [1.54, 1.807) is 12.1 Å². The number of nitrogens with zero attached hydrogens (tertiary/aromatic N) is 2. The first kappa shape index (κ1) is 20.7. The standard InChI is InChI=1S/C24H26N2O3/c27-19-7-17-25(18-16-20-12-14-23(15-13-20)26(28)29)24(21-8-3-1-4-9-21)22-10-5-2-6-11-22/h1-6,8-15,24,27H,7,16-19H2. The van der Waals surface area contributed by atoms with Crippen LogP contribution in [-0.4, -0.2) is 34.6 Å². The van der Waals surface area contributed by atoms with Gasteiger partial charge in [0.05, 0.1) is 11.0 Å². The van der Waals surface area contributed by atoms with Gasteiger partial charge < -0.3 is 5.11 Å². The van der Waals surface area contributed by atoms with Crippen LogP contribution >= 0.6 is 0 Å². The minimum Gasteiger partial charge on any atom is -0.396 e. The van der Waals surface area contributed by atoms with Crippen LogP contribution in [0.15, 0.2) is 84.9 Å². The van der Waals surface area contributed by atoms with Crippen LogP contribution in [-0.2, 0) is 6.42 Å². The third kappa shape index (κ3) is 5.73. The molecule has 0 radical (unpaired) electrons. The highest BCUT2D eigenvalue weighted by atomic mass is 16.6. The predicted octanol–water partition coefficient (Wildman–Crippen LogP) is 4.61. The molecule has 0 spiro atoms. The summed E-state index contributed by atoms with van der Waals surface area (Å²) in [7, 11) is 0. The van der Waals surface area contributed by atoms with Gasteiger partial charge in [0, 0.05) is 31.8 Å². The Morgan fingerprint density at radius 1 is 0.828 bits per heavy atom. The second kappa shape index (κ2) is 10.5. The maximum Gasteiger partial charge on any atom is 0.269 e. The van der Waals surface area contributed by atoms with Gasteiger partial charge in [-0.1, -0.05) is 72.8 Å². The van der Waals surface area contributed by atoms with Crippen molar-refractivity contribution in [1.29, 1.82) is 0 Å². The van der Waals surface area contributed by atoms with Crippen LogP contribution in [0, 0.1) is 10.1 Å². The van der Waals surface area contributed by atoms with Crippen LogP contribution in [0.2, 0.25) is 0 Å². The first-order valence-corrected chi connectivity index (χ1v) is 9.87. The average molecular weight is 390 g/mol. The Morgan fingerprint density at radius 2 is 1.38 bits per heavy atom. The molecule has 3 aromatic rings. The molecule has 29 heavy (non-hydrogen) atoms. The van der Waals surface area contributed by atoms with E-state index in [2.05, 4.69) is 29.2 Å². The van der Waals surface area contributed by atoms with Crippen LogP contribution in [0.1, 0.15) is 29.2 Å². The Balaban J connectivity index is 1.84. The molecule has 0 atom stereocenters. The first-order chi connectivity index (χ1) is 14.2. The van der Waals surface area contributed by atoms with Gasteiger partial charge in [-0.3, -0.25) is 15.0 Å². The smallest absolute Gasteiger partial charge is 0.269 e. The average Bonchev–Trinajstić information content (AvgIpc) is 2.77. The van der Waals surface area contributed by atoms with Crippen LogP contribution < -0.4 is 0 Å². The maximum absolute atomic E-state index is 10.9. The van der Waals surface area contributed by atoms with Gasteiger partial charge in [0.15, 0.2) is 0 Å². The molecule has 3 aromatic carbocycles. The summed E-state index contributed by atoms with van der Waals surface area (Å²) in [6.45, 7) is 1.69. The largest absolute Gasteiger partial charge is 0.396 e. The Bertz CT molecular complexity index is 844. The van der Waals surface area contributed by atoms with Crippen LogP contribution in [0.3, 0.4) is 0 Å². The Labute approximate surface area is 171 Å². The topological polar surface area (TPSA) is 66.6 Å². The fourth-order valence-electron chi connectivity index (χ4n) is 3.59. The molecule has 0 unspecified atom stereocenters. The molecule has 0 heterocycles. The number of hydrogen-bond donors (Lipinski definition) is 1. The van der Waals surface area contributed by atoms with E-state index >= 15 is 0 Å². The fourth-order valence-corrected chi connectivity index (χ4v) is 3.59.